The summed E-state index contributed by atoms with van der Waals surface area (Å²) in [5, 5.41) is 2.74. The first-order valence-corrected chi connectivity index (χ1v) is 8.31. The minimum atomic E-state index is -0.487. The first-order chi connectivity index (χ1) is 11.7. The Morgan fingerprint density at radius 2 is 1.64 bits per heavy atom. The molecule has 2 aromatic carbocycles. The van der Waals surface area contributed by atoms with E-state index < -0.39 is 5.97 Å². The standard InChI is InChI=1S/C21H25NO3/c1-14-6-7-15(2)18(12-14)20(24)25-13-19(23)22-17-10-8-16(9-11-17)21(3,4)5/h6-12H,13H2,1-5H3,(H,22,23). The highest BCUT2D eigenvalue weighted by molar-refractivity contribution is 5.96. The van der Waals surface area contributed by atoms with Gasteiger partial charge in [0.25, 0.3) is 5.91 Å². The van der Waals surface area contributed by atoms with Gasteiger partial charge in [-0.2, -0.15) is 0 Å². The lowest BCUT2D eigenvalue weighted by Gasteiger charge is -2.19. The molecule has 2 rings (SSSR count). The lowest BCUT2D eigenvalue weighted by Crippen LogP contribution is -2.21. The normalized spacial score (nSPS) is 11.1. The second kappa shape index (κ2) is 7.51. The van der Waals surface area contributed by atoms with E-state index in [0.29, 0.717) is 11.3 Å². The Bertz CT molecular complexity index is 771. The van der Waals surface area contributed by atoms with Gasteiger partial charge < -0.3 is 10.1 Å². The van der Waals surface area contributed by atoms with Crippen molar-refractivity contribution in [1.29, 1.82) is 0 Å². The highest BCUT2D eigenvalue weighted by Crippen LogP contribution is 2.23. The summed E-state index contributed by atoms with van der Waals surface area (Å²) in [6.45, 7) is 9.83. The maximum atomic E-state index is 12.1. The second-order valence-corrected chi connectivity index (χ2v) is 7.27. The molecule has 0 saturated carbocycles. The van der Waals surface area contributed by atoms with Gasteiger partial charge in [-0.25, -0.2) is 4.79 Å². The van der Waals surface area contributed by atoms with Gasteiger partial charge in [0.2, 0.25) is 0 Å². The maximum absolute atomic E-state index is 12.1. The van der Waals surface area contributed by atoms with E-state index in [1.807, 2.05) is 50.2 Å². The number of nitrogens with one attached hydrogen (secondary N) is 1. The average Bonchev–Trinajstić information content (AvgIpc) is 2.54. The molecule has 2 aromatic rings. The van der Waals surface area contributed by atoms with E-state index in [9.17, 15) is 9.59 Å². The van der Waals surface area contributed by atoms with Gasteiger partial charge in [-0.3, -0.25) is 4.79 Å². The summed E-state index contributed by atoms with van der Waals surface area (Å²) in [5.74, 6) is -0.846. The highest BCUT2D eigenvalue weighted by atomic mass is 16.5. The van der Waals surface area contributed by atoms with Gasteiger partial charge in [-0.15, -0.1) is 0 Å². The number of amides is 1. The van der Waals surface area contributed by atoms with Gasteiger partial charge in [-0.05, 0) is 48.6 Å². The van der Waals surface area contributed by atoms with Crippen LogP contribution in [0.3, 0.4) is 0 Å². The van der Waals surface area contributed by atoms with Crippen molar-refractivity contribution in [3.05, 3.63) is 64.7 Å². The van der Waals surface area contributed by atoms with Crippen LogP contribution in [0, 0.1) is 13.8 Å². The average molecular weight is 339 g/mol. The molecule has 1 N–H and O–H groups in total. The molecule has 0 spiro atoms. The summed E-state index contributed by atoms with van der Waals surface area (Å²) in [5.41, 5.74) is 4.22. The topological polar surface area (TPSA) is 55.4 Å². The van der Waals surface area contributed by atoms with Crippen LogP contribution in [-0.4, -0.2) is 18.5 Å². The van der Waals surface area contributed by atoms with Crippen LogP contribution >= 0.6 is 0 Å². The van der Waals surface area contributed by atoms with E-state index in [2.05, 4.69) is 26.1 Å². The second-order valence-electron chi connectivity index (χ2n) is 7.27. The van der Waals surface area contributed by atoms with Crippen molar-refractivity contribution in [2.45, 2.75) is 40.0 Å². The number of aryl methyl sites for hydroxylation is 2. The number of hydrogen-bond donors (Lipinski definition) is 1. The molecule has 0 bridgehead atoms. The molecule has 0 saturated heterocycles. The predicted octanol–water partition coefficient (Wildman–Crippen LogP) is 4.40. The molecule has 4 heteroatoms. The van der Waals surface area contributed by atoms with Crippen LogP contribution in [0.25, 0.3) is 0 Å². The quantitative estimate of drug-likeness (QED) is 0.840. The smallest absolute Gasteiger partial charge is 0.338 e. The van der Waals surface area contributed by atoms with Crippen LogP contribution in [0.2, 0.25) is 0 Å². The fourth-order valence-electron chi connectivity index (χ4n) is 2.42. The summed E-state index contributed by atoms with van der Waals surface area (Å²) in [4.78, 5) is 24.1. The molecule has 1 amide bonds. The summed E-state index contributed by atoms with van der Waals surface area (Å²) < 4.78 is 5.12. The third-order valence-corrected chi connectivity index (χ3v) is 3.98. The lowest BCUT2D eigenvalue weighted by molar-refractivity contribution is -0.119. The van der Waals surface area contributed by atoms with Crippen LogP contribution in [-0.2, 0) is 14.9 Å². The number of benzene rings is 2. The molecule has 0 atom stereocenters. The van der Waals surface area contributed by atoms with Crippen molar-refractivity contribution in [3.8, 4) is 0 Å². The fraction of sp³-hybridized carbons (Fsp3) is 0.333. The van der Waals surface area contributed by atoms with Gasteiger partial charge in [0.15, 0.2) is 6.61 Å². The summed E-state index contributed by atoms with van der Waals surface area (Å²) in [6, 6.07) is 13.2. The van der Waals surface area contributed by atoms with Gasteiger partial charge in [0.05, 0.1) is 5.56 Å². The fourth-order valence-corrected chi connectivity index (χ4v) is 2.42. The SMILES string of the molecule is Cc1ccc(C)c(C(=O)OCC(=O)Nc2ccc(C(C)(C)C)cc2)c1. The van der Waals surface area contributed by atoms with E-state index in [0.717, 1.165) is 11.1 Å². The van der Waals surface area contributed by atoms with E-state index in [-0.39, 0.29) is 17.9 Å². The van der Waals surface area contributed by atoms with Crippen molar-refractivity contribution >= 4 is 17.6 Å². The minimum absolute atomic E-state index is 0.0593. The molecule has 0 heterocycles. The van der Waals surface area contributed by atoms with E-state index >= 15 is 0 Å². The zero-order valence-corrected chi connectivity index (χ0v) is 15.5. The summed E-state index contributed by atoms with van der Waals surface area (Å²) in [7, 11) is 0. The number of anilines is 1. The van der Waals surface area contributed by atoms with Gasteiger partial charge in [0, 0.05) is 5.69 Å². The molecular weight excluding hydrogens is 314 g/mol. The van der Waals surface area contributed by atoms with E-state index in [1.165, 1.54) is 5.56 Å². The Labute approximate surface area is 149 Å². The summed E-state index contributed by atoms with van der Waals surface area (Å²) >= 11 is 0. The van der Waals surface area contributed by atoms with Crippen molar-refractivity contribution in [1.82, 2.24) is 0 Å². The van der Waals surface area contributed by atoms with E-state index in [1.54, 1.807) is 6.07 Å². The molecular formula is C21H25NO3. The number of esters is 1. The first kappa shape index (κ1) is 18.7. The molecule has 0 fully saturated rings. The number of carbonyl (C=O) groups is 2. The van der Waals surface area contributed by atoms with Crippen LogP contribution in [0.4, 0.5) is 5.69 Å². The minimum Gasteiger partial charge on any atom is -0.452 e. The highest BCUT2D eigenvalue weighted by Gasteiger charge is 2.15. The van der Waals surface area contributed by atoms with Crippen LogP contribution in [0.1, 0.15) is 47.8 Å². The van der Waals surface area contributed by atoms with Crippen molar-refractivity contribution < 1.29 is 14.3 Å². The van der Waals surface area contributed by atoms with Crippen molar-refractivity contribution in [2.75, 3.05) is 11.9 Å². The van der Waals surface area contributed by atoms with Crippen LogP contribution < -0.4 is 5.32 Å². The Balaban J connectivity index is 1.92. The third kappa shape index (κ3) is 5.18. The molecule has 0 aliphatic rings. The van der Waals surface area contributed by atoms with Gasteiger partial charge in [-0.1, -0.05) is 50.6 Å². The molecule has 0 radical (unpaired) electrons. The van der Waals surface area contributed by atoms with Crippen LogP contribution in [0.15, 0.2) is 42.5 Å². The first-order valence-electron chi connectivity index (χ1n) is 8.31. The largest absolute Gasteiger partial charge is 0.452 e. The lowest BCUT2D eigenvalue weighted by atomic mass is 9.87. The molecule has 0 unspecified atom stereocenters. The molecule has 25 heavy (non-hydrogen) atoms. The summed E-state index contributed by atoms with van der Waals surface area (Å²) in [6.07, 6.45) is 0. The van der Waals surface area contributed by atoms with Crippen LogP contribution in [0.5, 0.6) is 0 Å². The third-order valence-electron chi connectivity index (χ3n) is 3.98. The Morgan fingerprint density at radius 3 is 2.24 bits per heavy atom. The number of carbonyl (C=O) groups excluding carboxylic acids is 2. The van der Waals surface area contributed by atoms with E-state index in [4.69, 9.17) is 4.74 Å². The number of ether oxygens (including phenoxy) is 1. The number of hydrogen-bond acceptors (Lipinski definition) is 3. The Hall–Kier alpha value is -2.62. The molecule has 4 nitrogen and oxygen atoms in total. The molecule has 0 aliphatic carbocycles. The predicted molar refractivity (Wildman–Crippen MR) is 100.0 cm³/mol. The Morgan fingerprint density at radius 1 is 1.00 bits per heavy atom. The van der Waals surface area contributed by atoms with Crippen molar-refractivity contribution in [3.63, 3.8) is 0 Å². The van der Waals surface area contributed by atoms with Gasteiger partial charge in [0.1, 0.15) is 0 Å². The number of rotatable bonds is 4. The molecule has 132 valence electrons. The zero-order chi connectivity index (χ0) is 18.6. The molecule has 0 aromatic heterocycles. The van der Waals surface area contributed by atoms with Gasteiger partial charge >= 0.3 is 5.97 Å². The van der Waals surface area contributed by atoms with Crippen molar-refractivity contribution in [2.24, 2.45) is 0 Å². The maximum Gasteiger partial charge on any atom is 0.338 e. The Kier molecular flexibility index (Phi) is 5.62. The monoisotopic (exact) mass is 339 g/mol. The zero-order valence-electron chi connectivity index (χ0n) is 15.5. The molecule has 0 aliphatic heterocycles.